The summed E-state index contributed by atoms with van der Waals surface area (Å²) in [4.78, 5) is 47.9. The number of para-hydroxylation sites is 1. The Morgan fingerprint density at radius 3 is 2.04 bits per heavy atom. The maximum atomic E-state index is 12.1. The highest BCUT2D eigenvalue weighted by molar-refractivity contribution is 6.03. The van der Waals surface area contributed by atoms with Crippen molar-refractivity contribution in [2.45, 2.75) is 26.0 Å². The molecule has 0 fully saturated rings. The van der Waals surface area contributed by atoms with Crippen molar-refractivity contribution >= 4 is 29.5 Å². The van der Waals surface area contributed by atoms with Gasteiger partial charge in [0, 0.05) is 11.3 Å². The fourth-order valence-corrected chi connectivity index (χ4v) is 2.16. The normalized spacial score (nSPS) is 12.2. The van der Waals surface area contributed by atoms with Gasteiger partial charge in [0.15, 0.2) is 6.10 Å². The maximum Gasteiger partial charge on any atom is 0.329 e. The molecule has 4 amide bonds. The van der Waals surface area contributed by atoms with E-state index in [2.05, 4.69) is 16.0 Å². The number of anilines is 1. The lowest BCUT2D eigenvalue weighted by Gasteiger charge is -2.17. The van der Waals surface area contributed by atoms with Crippen LogP contribution in [0.2, 0.25) is 0 Å². The van der Waals surface area contributed by atoms with E-state index in [0.29, 0.717) is 11.3 Å². The van der Waals surface area contributed by atoms with Crippen LogP contribution >= 0.6 is 0 Å². The summed E-state index contributed by atoms with van der Waals surface area (Å²) in [5, 5.41) is 7.05. The third-order valence-electron chi connectivity index (χ3n) is 3.67. The highest BCUT2D eigenvalue weighted by Crippen LogP contribution is 2.05. The number of hydrogen-bond acceptors (Lipinski definition) is 5. The number of imide groups is 1. The first-order chi connectivity index (χ1) is 13.4. The Morgan fingerprint density at radius 2 is 1.43 bits per heavy atom. The van der Waals surface area contributed by atoms with Crippen molar-refractivity contribution in [2.24, 2.45) is 0 Å². The summed E-state index contributed by atoms with van der Waals surface area (Å²) in [7, 11) is 0. The van der Waals surface area contributed by atoms with Crippen molar-refractivity contribution in [1.82, 2.24) is 10.6 Å². The Kier molecular flexibility index (Phi) is 7.27. The van der Waals surface area contributed by atoms with Crippen LogP contribution in [0.4, 0.5) is 10.5 Å². The molecule has 0 saturated carbocycles. The number of hydrogen-bond donors (Lipinski definition) is 3. The number of benzene rings is 2. The molecule has 1 unspecified atom stereocenters. The molecule has 0 saturated heterocycles. The third kappa shape index (κ3) is 6.24. The minimum absolute atomic E-state index is 0.394. The highest BCUT2D eigenvalue weighted by Gasteiger charge is 2.24. The SMILES string of the molecule is CC(OC(=O)[C@H](C)NC(=O)c1ccccc1)C(=O)NC(=O)Nc1ccccc1. The number of urea groups is 1. The lowest BCUT2D eigenvalue weighted by atomic mass is 10.2. The smallest absolute Gasteiger partial charge is 0.329 e. The van der Waals surface area contributed by atoms with E-state index in [1.54, 1.807) is 60.7 Å². The first-order valence-electron chi connectivity index (χ1n) is 8.60. The van der Waals surface area contributed by atoms with E-state index in [1.165, 1.54) is 13.8 Å². The molecule has 8 nitrogen and oxygen atoms in total. The molecule has 28 heavy (non-hydrogen) atoms. The molecular formula is C20H21N3O5. The van der Waals surface area contributed by atoms with Crippen molar-refractivity contribution < 1.29 is 23.9 Å². The van der Waals surface area contributed by atoms with E-state index < -0.39 is 36.0 Å². The van der Waals surface area contributed by atoms with E-state index >= 15 is 0 Å². The van der Waals surface area contributed by atoms with Crippen molar-refractivity contribution in [1.29, 1.82) is 0 Å². The van der Waals surface area contributed by atoms with Gasteiger partial charge in [0.25, 0.3) is 11.8 Å². The molecule has 8 heteroatoms. The lowest BCUT2D eigenvalue weighted by Crippen LogP contribution is -2.45. The summed E-state index contributed by atoms with van der Waals surface area (Å²) in [6.45, 7) is 2.77. The molecule has 0 aliphatic heterocycles. The molecule has 0 aliphatic carbocycles. The van der Waals surface area contributed by atoms with Gasteiger partial charge < -0.3 is 15.4 Å². The molecule has 0 heterocycles. The molecule has 0 aromatic heterocycles. The zero-order valence-electron chi connectivity index (χ0n) is 15.5. The van der Waals surface area contributed by atoms with Crippen LogP contribution in [0, 0.1) is 0 Å². The van der Waals surface area contributed by atoms with Gasteiger partial charge >= 0.3 is 12.0 Å². The fraction of sp³-hybridized carbons (Fsp3) is 0.200. The monoisotopic (exact) mass is 383 g/mol. The third-order valence-corrected chi connectivity index (χ3v) is 3.67. The van der Waals surface area contributed by atoms with Gasteiger partial charge in [-0.3, -0.25) is 14.9 Å². The van der Waals surface area contributed by atoms with Crippen LogP contribution in [0.5, 0.6) is 0 Å². The van der Waals surface area contributed by atoms with E-state index in [9.17, 15) is 19.2 Å². The number of amides is 4. The van der Waals surface area contributed by atoms with E-state index in [0.717, 1.165) is 0 Å². The van der Waals surface area contributed by atoms with Crippen LogP contribution in [0.1, 0.15) is 24.2 Å². The molecule has 0 bridgehead atoms. The van der Waals surface area contributed by atoms with Crippen LogP contribution in [-0.4, -0.2) is 36.0 Å². The van der Waals surface area contributed by atoms with Crippen molar-refractivity contribution in [3.63, 3.8) is 0 Å². The molecule has 0 radical (unpaired) electrons. The average molecular weight is 383 g/mol. The second-order valence-corrected chi connectivity index (χ2v) is 5.95. The van der Waals surface area contributed by atoms with E-state index in [4.69, 9.17) is 4.74 Å². The number of carbonyl (C=O) groups excluding carboxylic acids is 4. The van der Waals surface area contributed by atoms with Gasteiger partial charge in [0.2, 0.25) is 0 Å². The molecule has 0 spiro atoms. The second kappa shape index (κ2) is 9.86. The largest absolute Gasteiger partial charge is 0.451 e. The fourth-order valence-electron chi connectivity index (χ4n) is 2.16. The zero-order chi connectivity index (χ0) is 20.5. The molecule has 2 atom stereocenters. The van der Waals surface area contributed by atoms with Crippen molar-refractivity contribution in [3.05, 3.63) is 66.2 Å². The van der Waals surface area contributed by atoms with Crippen LogP contribution in [-0.2, 0) is 14.3 Å². The zero-order valence-corrected chi connectivity index (χ0v) is 15.5. The Labute approximate surface area is 162 Å². The Balaban J connectivity index is 1.80. The van der Waals surface area contributed by atoms with Crippen molar-refractivity contribution in [3.8, 4) is 0 Å². The molecule has 3 N–H and O–H groups in total. The van der Waals surface area contributed by atoms with Gasteiger partial charge in [-0.25, -0.2) is 9.59 Å². The summed E-state index contributed by atoms with van der Waals surface area (Å²) < 4.78 is 5.02. The predicted molar refractivity (Wildman–Crippen MR) is 103 cm³/mol. The summed E-state index contributed by atoms with van der Waals surface area (Å²) in [5.41, 5.74) is 0.903. The van der Waals surface area contributed by atoms with Gasteiger partial charge in [0.1, 0.15) is 6.04 Å². The highest BCUT2D eigenvalue weighted by atomic mass is 16.5. The Morgan fingerprint density at radius 1 is 0.857 bits per heavy atom. The van der Waals surface area contributed by atoms with E-state index in [1.807, 2.05) is 0 Å². The summed E-state index contributed by atoms with van der Waals surface area (Å²) >= 11 is 0. The van der Waals surface area contributed by atoms with Gasteiger partial charge in [-0.1, -0.05) is 36.4 Å². The van der Waals surface area contributed by atoms with Gasteiger partial charge in [0.05, 0.1) is 0 Å². The maximum absolute atomic E-state index is 12.1. The molecule has 146 valence electrons. The van der Waals surface area contributed by atoms with E-state index in [-0.39, 0.29) is 0 Å². The van der Waals surface area contributed by atoms with Gasteiger partial charge in [-0.2, -0.15) is 0 Å². The Hall–Kier alpha value is -3.68. The number of ether oxygens (including phenoxy) is 1. The minimum atomic E-state index is -1.22. The van der Waals surface area contributed by atoms with Crippen LogP contribution in [0.15, 0.2) is 60.7 Å². The number of nitrogens with one attached hydrogen (secondary N) is 3. The van der Waals surface area contributed by atoms with Gasteiger partial charge in [-0.15, -0.1) is 0 Å². The summed E-state index contributed by atoms with van der Waals surface area (Å²) in [6, 6.07) is 15.2. The van der Waals surface area contributed by atoms with Crippen LogP contribution < -0.4 is 16.0 Å². The quantitative estimate of drug-likeness (QED) is 0.661. The average Bonchev–Trinajstić information content (AvgIpc) is 2.69. The van der Waals surface area contributed by atoms with Crippen molar-refractivity contribution in [2.75, 3.05) is 5.32 Å². The molecule has 2 aromatic rings. The number of esters is 1. The number of rotatable bonds is 6. The Bertz CT molecular complexity index is 839. The van der Waals surface area contributed by atoms with Crippen LogP contribution in [0.25, 0.3) is 0 Å². The van der Waals surface area contributed by atoms with Crippen LogP contribution in [0.3, 0.4) is 0 Å². The molecule has 0 aliphatic rings. The first-order valence-corrected chi connectivity index (χ1v) is 8.60. The minimum Gasteiger partial charge on any atom is -0.451 e. The topological polar surface area (TPSA) is 114 Å². The second-order valence-electron chi connectivity index (χ2n) is 5.95. The first kappa shape index (κ1) is 20.6. The standard InChI is InChI=1S/C20H21N3O5/c1-13(21-18(25)15-9-5-3-6-10-15)19(26)28-14(2)17(24)23-20(27)22-16-11-7-4-8-12-16/h3-14H,1-2H3,(H,21,25)(H2,22,23,24,27)/t13-,14?/m0/s1. The molecular weight excluding hydrogens is 362 g/mol. The molecule has 2 aromatic carbocycles. The summed E-state index contributed by atoms with van der Waals surface area (Å²) in [5.74, 6) is -2.02. The lowest BCUT2D eigenvalue weighted by molar-refractivity contribution is -0.155. The predicted octanol–water partition coefficient (Wildman–Crippen LogP) is 2.08. The number of carbonyl (C=O) groups is 4. The van der Waals surface area contributed by atoms with Gasteiger partial charge in [-0.05, 0) is 38.1 Å². The molecule has 2 rings (SSSR count). The summed E-state index contributed by atoms with van der Waals surface area (Å²) in [6.07, 6.45) is -1.22.